The molecule has 0 aliphatic heterocycles. The second-order valence-corrected chi connectivity index (χ2v) is 3.16. The first-order valence-electron chi connectivity index (χ1n) is 4.12. The zero-order chi connectivity index (χ0) is 7.40. The van der Waals surface area contributed by atoms with Crippen LogP contribution in [0.1, 0.15) is 26.2 Å². The van der Waals surface area contributed by atoms with Gasteiger partial charge in [0, 0.05) is 6.61 Å². The number of allylic oxidation sites excluding steroid dienone is 2. The molecular weight excluding hydrogens is 124 g/mol. The Labute approximate surface area is 62.8 Å². The highest BCUT2D eigenvalue weighted by Crippen LogP contribution is 2.26. The van der Waals surface area contributed by atoms with Crippen LogP contribution in [0.3, 0.4) is 0 Å². The molecule has 0 radical (unpaired) electrons. The molecule has 58 valence electrons. The monoisotopic (exact) mass is 140 g/mol. The molecule has 1 heteroatoms. The first-order chi connectivity index (χ1) is 4.84. The first-order valence-corrected chi connectivity index (χ1v) is 4.12. The molecule has 2 unspecified atom stereocenters. The average Bonchev–Trinajstić information content (AvgIpc) is 2.38. The van der Waals surface area contributed by atoms with Gasteiger partial charge in [-0.05, 0) is 31.1 Å². The van der Waals surface area contributed by atoms with Crippen LogP contribution >= 0.6 is 0 Å². The third-order valence-corrected chi connectivity index (χ3v) is 2.37. The lowest BCUT2D eigenvalue weighted by atomic mass is 9.91. The van der Waals surface area contributed by atoms with E-state index in [-0.39, 0.29) is 0 Å². The van der Waals surface area contributed by atoms with Crippen molar-refractivity contribution in [1.82, 2.24) is 0 Å². The standard InChI is InChI=1S/C9H16O/c1-8(6-7-10)9-4-2-3-5-9/h2,4,8-10H,3,5-7H2,1H3. The molecule has 1 nitrogen and oxygen atoms in total. The highest BCUT2D eigenvalue weighted by molar-refractivity contribution is 4.97. The second-order valence-electron chi connectivity index (χ2n) is 3.16. The lowest BCUT2D eigenvalue weighted by molar-refractivity contribution is 0.243. The normalized spacial score (nSPS) is 27.2. The molecule has 0 amide bonds. The maximum absolute atomic E-state index is 8.67. The summed E-state index contributed by atoms with van der Waals surface area (Å²) in [5, 5.41) is 8.67. The molecule has 0 aromatic rings. The summed E-state index contributed by atoms with van der Waals surface area (Å²) in [6, 6.07) is 0. The predicted octanol–water partition coefficient (Wildman–Crippen LogP) is 1.97. The van der Waals surface area contributed by atoms with Crippen molar-refractivity contribution < 1.29 is 5.11 Å². The minimum atomic E-state index is 0.339. The zero-order valence-corrected chi connectivity index (χ0v) is 6.59. The molecule has 1 rings (SSSR count). The van der Waals surface area contributed by atoms with Crippen molar-refractivity contribution in [2.24, 2.45) is 11.8 Å². The SMILES string of the molecule is CC(CCO)C1C=CCC1. The third kappa shape index (κ3) is 1.84. The number of aliphatic hydroxyl groups excluding tert-OH is 1. The first kappa shape index (κ1) is 7.80. The van der Waals surface area contributed by atoms with Crippen LogP contribution in [0.4, 0.5) is 0 Å². The van der Waals surface area contributed by atoms with E-state index in [2.05, 4.69) is 19.1 Å². The highest BCUT2D eigenvalue weighted by atomic mass is 16.3. The van der Waals surface area contributed by atoms with Gasteiger partial charge in [0.2, 0.25) is 0 Å². The fourth-order valence-electron chi connectivity index (χ4n) is 1.55. The number of rotatable bonds is 3. The van der Waals surface area contributed by atoms with E-state index < -0.39 is 0 Å². The molecule has 0 aromatic carbocycles. The van der Waals surface area contributed by atoms with Gasteiger partial charge in [0.25, 0.3) is 0 Å². The van der Waals surface area contributed by atoms with Crippen molar-refractivity contribution in [3.8, 4) is 0 Å². The fraction of sp³-hybridized carbons (Fsp3) is 0.778. The summed E-state index contributed by atoms with van der Waals surface area (Å²) >= 11 is 0. The summed E-state index contributed by atoms with van der Waals surface area (Å²) < 4.78 is 0. The van der Waals surface area contributed by atoms with Crippen LogP contribution in [0.2, 0.25) is 0 Å². The molecule has 0 saturated heterocycles. The minimum absolute atomic E-state index is 0.339. The van der Waals surface area contributed by atoms with Gasteiger partial charge in [-0.2, -0.15) is 0 Å². The minimum Gasteiger partial charge on any atom is -0.396 e. The molecule has 2 atom stereocenters. The topological polar surface area (TPSA) is 20.2 Å². The molecule has 1 N–H and O–H groups in total. The Balaban J connectivity index is 2.26. The predicted molar refractivity (Wildman–Crippen MR) is 42.7 cm³/mol. The average molecular weight is 140 g/mol. The lowest BCUT2D eigenvalue weighted by Crippen LogP contribution is -2.08. The molecule has 0 fully saturated rings. The van der Waals surface area contributed by atoms with Gasteiger partial charge in [-0.15, -0.1) is 0 Å². The van der Waals surface area contributed by atoms with E-state index >= 15 is 0 Å². The van der Waals surface area contributed by atoms with Gasteiger partial charge in [-0.1, -0.05) is 19.1 Å². The Hall–Kier alpha value is -0.300. The van der Waals surface area contributed by atoms with Gasteiger partial charge in [0.1, 0.15) is 0 Å². The quantitative estimate of drug-likeness (QED) is 0.594. The van der Waals surface area contributed by atoms with Crippen molar-refractivity contribution >= 4 is 0 Å². The molecule has 1 aliphatic carbocycles. The maximum atomic E-state index is 8.67. The molecule has 0 saturated carbocycles. The van der Waals surface area contributed by atoms with Crippen LogP contribution in [-0.4, -0.2) is 11.7 Å². The van der Waals surface area contributed by atoms with Crippen LogP contribution in [0.5, 0.6) is 0 Å². The molecule has 10 heavy (non-hydrogen) atoms. The van der Waals surface area contributed by atoms with E-state index in [1.54, 1.807) is 0 Å². The summed E-state index contributed by atoms with van der Waals surface area (Å²) in [7, 11) is 0. The van der Waals surface area contributed by atoms with Gasteiger partial charge in [0.15, 0.2) is 0 Å². The van der Waals surface area contributed by atoms with E-state index in [4.69, 9.17) is 5.11 Å². The molecule has 0 heterocycles. The summed E-state index contributed by atoms with van der Waals surface area (Å²) in [6.07, 6.45) is 8.02. The van der Waals surface area contributed by atoms with Crippen LogP contribution in [-0.2, 0) is 0 Å². The van der Waals surface area contributed by atoms with Crippen molar-refractivity contribution in [2.45, 2.75) is 26.2 Å². The largest absolute Gasteiger partial charge is 0.396 e. The van der Waals surface area contributed by atoms with Gasteiger partial charge >= 0.3 is 0 Å². The third-order valence-electron chi connectivity index (χ3n) is 2.37. The van der Waals surface area contributed by atoms with Crippen molar-refractivity contribution in [1.29, 1.82) is 0 Å². The van der Waals surface area contributed by atoms with Gasteiger partial charge < -0.3 is 5.11 Å². The van der Waals surface area contributed by atoms with Crippen molar-refractivity contribution in [2.75, 3.05) is 6.61 Å². The Morgan fingerprint density at radius 1 is 1.70 bits per heavy atom. The molecular formula is C9H16O. The summed E-state index contributed by atoms with van der Waals surface area (Å²) in [6.45, 7) is 2.56. The second kappa shape index (κ2) is 3.77. The Bertz CT molecular complexity index is 118. The van der Waals surface area contributed by atoms with E-state index in [1.807, 2.05) is 0 Å². The summed E-state index contributed by atoms with van der Waals surface area (Å²) in [5.74, 6) is 1.41. The van der Waals surface area contributed by atoms with Crippen LogP contribution < -0.4 is 0 Å². The lowest BCUT2D eigenvalue weighted by Gasteiger charge is -2.15. The van der Waals surface area contributed by atoms with Crippen molar-refractivity contribution in [3.63, 3.8) is 0 Å². The Kier molecular flexibility index (Phi) is 2.94. The van der Waals surface area contributed by atoms with E-state index in [0.717, 1.165) is 12.3 Å². The van der Waals surface area contributed by atoms with E-state index in [0.29, 0.717) is 12.5 Å². The number of hydrogen-bond acceptors (Lipinski definition) is 1. The molecule has 0 spiro atoms. The number of hydrogen-bond donors (Lipinski definition) is 1. The van der Waals surface area contributed by atoms with Crippen LogP contribution in [0, 0.1) is 11.8 Å². The molecule has 1 aliphatic rings. The van der Waals surface area contributed by atoms with E-state index in [9.17, 15) is 0 Å². The summed E-state index contributed by atoms with van der Waals surface area (Å²) in [5.41, 5.74) is 0. The smallest absolute Gasteiger partial charge is 0.0433 e. The van der Waals surface area contributed by atoms with E-state index in [1.165, 1.54) is 12.8 Å². The van der Waals surface area contributed by atoms with Gasteiger partial charge in [-0.3, -0.25) is 0 Å². The van der Waals surface area contributed by atoms with Crippen LogP contribution in [0.25, 0.3) is 0 Å². The van der Waals surface area contributed by atoms with Gasteiger partial charge in [-0.25, -0.2) is 0 Å². The Morgan fingerprint density at radius 2 is 2.50 bits per heavy atom. The summed E-state index contributed by atoms with van der Waals surface area (Å²) in [4.78, 5) is 0. The van der Waals surface area contributed by atoms with Gasteiger partial charge in [0.05, 0.1) is 0 Å². The Morgan fingerprint density at radius 3 is 3.00 bits per heavy atom. The maximum Gasteiger partial charge on any atom is 0.0433 e. The highest BCUT2D eigenvalue weighted by Gasteiger charge is 2.15. The molecule has 0 aromatic heterocycles. The molecule has 0 bridgehead atoms. The zero-order valence-electron chi connectivity index (χ0n) is 6.59. The fourth-order valence-corrected chi connectivity index (χ4v) is 1.55. The van der Waals surface area contributed by atoms with Crippen molar-refractivity contribution in [3.05, 3.63) is 12.2 Å². The number of aliphatic hydroxyl groups is 1. The van der Waals surface area contributed by atoms with Crippen LogP contribution in [0.15, 0.2) is 12.2 Å².